The summed E-state index contributed by atoms with van der Waals surface area (Å²) >= 11 is 0. The lowest BCUT2D eigenvalue weighted by molar-refractivity contribution is -0.117. The molecule has 1 aromatic heterocycles. The van der Waals surface area contributed by atoms with Crippen LogP contribution in [0.15, 0.2) is 53.2 Å². The van der Waals surface area contributed by atoms with E-state index in [-0.39, 0.29) is 11.9 Å². The molecule has 1 aliphatic carbocycles. The van der Waals surface area contributed by atoms with E-state index < -0.39 is 0 Å². The van der Waals surface area contributed by atoms with Crippen LogP contribution in [0.1, 0.15) is 29.7 Å². The van der Waals surface area contributed by atoms with Crippen LogP contribution < -0.4 is 5.32 Å². The number of fused-ring (bicyclic) bond motifs is 1. The summed E-state index contributed by atoms with van der Waals surface area (Å²) < 4.78 is 5.21. The van der Waals surface area contributed by atoms with Gasteiger partial charge in [-0.15, -0.1) is 0 Å². The predicted octanol–water partition coefficient (Wildman–Crippen LogP) is 3.04. The zero-order valence-electron chi connectivity index (χ0n) is 14.4. The number of likely N-dealkylation sites (tertiary alicyclic amines) is 1. The van der Waals surface area contributed by atoms with Crippen molar-refractivity contribution in [3.8, 4) is 0 Å². The number of hydrogen-bond donors (Lipinski definition) is 1. The van der Waals surface area contributed by atoms with Crippen LogP contribution in [-0.4, -0.2) is 36.0 Å². The first-order valence-electron chi connectivity index (χ1n) is 9.11. The van der Waals surface area contributed by atoms with Gasteiger partial charge in [0.05, 0.1) is 6.26 Å². The normalized spacial score (nSPS) is 21.5. The number of carbonyl (C=O) groups excluding carboxylic acids is 1. The molecule has 130 valence electrons. The fourth-order valence-corrected chi connectivity index (χ4v) is 4.04. The molecular formula is C21H24N2O2. The summed E-state index contributed by atoms with van der Waals surface area (Å²) in [6.07, 6.45) is 9.34. The topological polar surface area (TPSA) is 45.5 Å². The Morgan fingerprint density at radius 1 is 1.16 bits per heavy atom. The SMILES string of the molecule is O=C(/C=C/c1ccco1)N[C@H]1CCCN(C2Cc3ccccc3C2)C1. The fourth-order valence-electron chi connectivity index (χ4n) is 4.04. The van der Waals surface area contributed by atoms with Gasteiger partial charge in [0.25, 0.3) is 0 Å². The van der Waals surface area contributed by atoms with Gasteiger partial charge in [0, 0.05) is 24.7 Å². The Hall–Kier alpha value is -2.33. The third kappa shape index (κ3) is 3.85. The zero-order valence-corrected chi connectivity index (χ0v) is 14.4. The van der Waals surface area contributed by atoms with Gasteiger partial charge in [0.15, 0.2) is 0 Å². The molecule has 1 aliphatic heterocycles. The highest BCUT2D eigenvalue weighted by molar-refractivity contribution is 5.91. The summed E-state index contributed by atoms with van der Waals surface area (Å²) in [5.74, 6) is 0.655. The maximum absolute atomic E-state index is 12.2. The molecular weight excluding hydrogens is 312 g/mol. The van der Waals surface area contributed by atoms with Crippen molar-refractivity contribution in [2.75, 3.05) is 13.1 Å². The first-order chi connectivity index (χ1) is 12.3. The minimum atomic E-state index is -0.0436. The lowest BCUT2D eigenvalue weighted by Crippen LogP contribution is -2.51. The molecule has 4 rings (SSSR count). The molecule has 0 saturated carbocycles. The largest absolute Gasteiger partial charge is 0.465 e. The van der Waals surface area contributed by atoms with Crippen LogP contribution in [0.2, 0.25) is 0 Å². The number of furan rings is 1. The van der Waals surface area contributed by atoms with Gasteiger partial charge in [-0.2, -0.15) is 0 Å². The number of rotatable bonds is 4. The van der Waals surface area contributed by atoms with Crippen molar-refractivity contribution in [2.45, 2.75) is 37.8 Å². The zero-order chi connectivity index (χ0) is 17.1. The van der Waals surface area contributed by atoms with Crippen LogP contribution in [0.25, 0.3) is 6.08 Å². The van der Waals surface area contributed by atoms with Crippen LogP contribution in [0.3, 0.4) is 0 Å². The number of amides is 1. The van der Waals surface area contributed by atoms with Gasteiger partial charge in [-0.3, -0.25) is 9.69 Å². The van der Waals surface area contributed by atoms with E-state index in [1.54, 1.807) is 18.4 Å². The van der Waals surface area contributed by atoms with E-state index in [4.69, 9.17) is 4.42 Å². The lowest BCUT2D eigenvalue weighted by atomic mass is 10.0. The highest BCUT2D eigenvalue weighted by atomic mass is 16.3. The van der Waals surface area contributed by atoms with E-state index in [2.05, 4.69) is 34.5 Å². The second kappa shape index (κ2) is 7.28. The Bertz CT molecular complexity index is 726. The summed E-state index contributed by atoms with van der Waals surface area (Å²) in [5.41, 5.74) is 2.97. The van der Waals surface area contributed by atoms with Crippen molar-refractivity contribution in [3.05, 3.63) is 65.6 Å². The van der Waals surface area contributed by atoms with E-state index in [0.717, 1.165) is 38.8 Å². The average molecular weight is 336 g/mol. The van der Waals surface area contributed by atoms with E-state index in [1.807, 2.05) is 12.1 Å². The van der Waals surface area contributed by atoms with Crippen molar-refractivity contribution in [1.82, 2.24) is 10.2 Å². The standard InChI is InChI=1S/C21H24N2O2/c24-21(10-9-20-8-4-12-25-20)22-18-7-3-11-23(15-18)19-13-16-5-1-2-6-17(16)14-19/h1-2,4-6,8-10,12,18-19H,3,7,11,13-15H2,(H,22,24)/b10-9+/t18-/m0/s1. The van der Waals surface area contributed by atoms with Gasteiger partial charge in [-0.1, -0.05) is 24.3 Å². The third-order valence-corrected chi connectivity index (χ3v) is 5.29. The van der Waals surface area contributed by atoms with Gasteiger partial charge >= 0.3 is 0 Å². The smallest absolute Gasteiger partial charge is 0.244 e. The minimum absolute atomic E-state index is 0.0436. The predicted molar refractivity (Wildman–Crippen MR) is 98.1 cm³/mol. The average Bonchev–Trinajstić information content (AvgIpc) is 3.29. The van der Waals surface area contributed by atoms with Crippen LogP contribution in [0.4, 0.5) is 0 Å². The molecule has 4 nitrogen and oxygen atoms in total. The monoisotopic (exact) mass is 336 g/mol. The van der Waals surface area contributed by atoms with Crippen molar-refractivity contribution >= 4 is 12.0 Å². The Morgan fingerprint density at radius 3 is 2.68 bits per heavy atom. The lowest BCUT2D eigenvalue weighted by Gasteiger charge is -2.37. The van der Waals surface area contributed by atoms with Gasteiger partial charge < -0.3 is 9.73 Å². The summed E-state index contributed by atoms with van der Waals surface area (Å²) in [6, 6.07) is 13.2. The van der Waals surface area contributed by atoms with Crippen molar-refractivity contribution < 1.29 is 9.21 Å². The molecule has 2 aromatic rings. The van der Waals surface area contributed by atoms with E-state index in [1.165, 1.54) is 11.1 Å². The molecule has 1 fully saturated rings. The molecule has 1 aromatic carbocycles. The molecule has 0 spiro atoms. The number of nitrogens with zero attached hydrogens (tertiary/aromatic N) is 1. The molecule has 25 heavy (non-hydrogen) atoms. The molecule has 4 heteroatoms. The molecule has 1 saturated heterocycles. The Kier molecular flexibility index (Phi) is 4.70. The van der Waals surface area contributed by atoms with Crippen LogP contribution >= 0.6 is 0 Å². The van der Waals surface area contributed by atoms with Crippen molar-refractivity contribution in [2.24, 2.45) is 0 Å². The number of benzene rings is 1. The quantitative estimate of drug-likeness (QED) is 0.873. The molecule has 0 bridgehead atoms. The Balaban J connectivity index is 1.32. The first-order valence-corrected chi connectivity index (χ1v) is 9.11. The Morgan fingerprint density at radius 2 is 1.96 bits per heavy atom. The summed E-state index contributed by atoms with van der Waals surface area (Å²) in [5, 5.41) is 3.15. The van der Waals surface area contributed by atoms with Gasteiger partial charge in [0.2, 0.25) is 5.91 Å². The second-order valence-corrected chi connectivity index (χ2v) is 7.02. The van der Waals surface area contributed by atoms with Gasteiger partial charge in [-0.05, 0) is 61.6 Å². The highest BCUT2D eigenvalue weighted by Gasteiger charge is 2.30. The number of piperidine rings is 1. The molecule has 1 amide bonds. The van der Waals surface area contributed by atoms with E-state index in [9.17, 15) is 4.79 Å². The number of carbonyl (C=O) groups is 1. The Labute approximate surface area is 148 Å². The maximum atomic E-state index is 12.2. The fraction of sp³-hybridized carbons (Fsp3) is 0.381. The summed E-state index contributed by atoms with van der Waals surface area (Å²) in [7, 11) is 0. The number of nitrogens with one attached hydrogen (secondary N) is 1. The second-order valence-electron chi connectivity index (χ2n) is 7.02. The first kappa shape index (κ1) is 16.2. The van der Waals surface area contributed by atoms with Crippen molar-refractivity contribution in [3.63, 3.8) is 0 Å². The van der Waals surface area contributed by atoms with Crippen molar-refractivity contribution in [1.29, 1.82) is 0 Å². The molecule has 2 aliphatic rings. The van der Waals surface area contributed by atoms with Gasteiger partial charge in [0.1, 0.15) is 5.76 Å². The number of hydrogen-bond acceptors (Lipinski definition) is 3. The van der Waals surface area contributed by atoms with Crippen LogP contribution in [0.5, 0.6) is 0 Å². The molecule has 1 N–H and O–H groups in total. The highest BCUT2D eigenvalue weighted by Crippen LogP contribution is 2.27. The summed E-state index contributed by atoms with van der Waals surface area (Å²) in [6.45, 7) is 2.08. The van der Waals surface area contributed by atoms with Gasteiger partial charge in [-0.25, -0.2) is 0 Å². The minimum Gasteiger partial charge on any atom is -0.465 e. The van der Waals surface area contributed by atoms with E-state index >= 15 is 0 Å². The van der Waals surface area contributed by atoms with Crippen LogP contribution in [-0.2, 0) is 17.6 Å². The van der Waals surface area contributed by atoms with Crippen LogP contribution in [0, 0.1) is 0 Å². The summed E-state index contributed by atoms with van der Waals surface area (Å²) in [4.78, 5) is 14.7. The third-order valence-electron chi connectivity index (χ3n) is 5.29. The molecule has 0 radical (unpaired) electrons. The molecule has 1 atom stereocenters. The molecule has 2 heterocycles. The maximum Gasteiger partial charge on any atom is 0.244 e. The molecule has 0 unspecified atom stereocenters. The van der Waals surface area contributed by atoms with E-state index in [0.29, 0.717) is 11.8 Å².